The third-order valence-corrected chi connectivity index (χ3v) is 7.70. The quantitative estimate of drug-likeness (QED) is 0.343. The zero-order valence-electron chi connectivity index (χ0n) is 23.8. The lowest BCUT2D eigenvalue weighted by Gasteiger charge is -2.37. The van der Waals surface area contributed by atoms with Gasteiger partial charge in [-0.05, 0) is 67.1 Å². The third kappa shape index (κ3) is 6.72. The number of methoxy groups -OCH3 is 1. The number of benzene rings is 2. The van der Waals surface area contributed by atoms with Crippen molar-refractivity contribution in [2.75, 3.05) is 37.9 Å². The van der Waals surface area contributed by atoms with Crippen molar-refractivity contribution in [1.82, 2.24) is 9.88 Å². The van der Waals surface area contributed by atoms with Gasteiger partial charge in [-0.25, -0.2) is 4.39 Å². The maximum Gasteiger partial charge on any atom is 0.259 e. The molecule has 1 aromatic heterocycles. The summed E-state index contributed by atoms with van der Waals surface area (Å²) < 4.78 is 20.9. The molecule has 214 valence electrons. The van der Waals surface area contributed by atoms with Crippen molar-refractivity contribution in [2.24, 2.45) is 0 Å². The summed E-state index contributed by atoms with van der Waals surface area (Å²) in [6, 6.07) is 13.9. The molecule has 9 heteroatoms. The molecule has 3 N–H and O–H groups in total. The van der Waals surface area contributed by atoms with E-state index in [1.165, 1.54) is 6.20 Å². The van der Waals surface area contributed by atoms with Gasteiger partial charge in [-0.15, -0.1) is 0 Å². The minimum Gasteiger partial charge on any atom is -0.398 e. The molecule has 1 saturated heterocycles. The zero-order valence-corrected chi connectivity index (χ0v) is 23.8. The Balaban J connectivity index is 1.49. The molecule has 2 aromatic carbocycles. The largest absolute Gasteiger partial charge is 0.398 e. The molecule has 0 saturated carbocycles. The number of amides is 2. The molecular formula is C32H36FN5O3. The van der Waals surface area contributed by atoms with Crippen LogP contribution in [0.4, 0.5) is 15.8 Å². The molecule has 8 nitrogen and oxygen atoms in total. The first kappa shape index (κ1) is 29.7. The highest BCUT2D eigenvalue weighted by molar-refractivity contribution is 6.08. The van der Waals surface area contributed by atoms with Crippen molar-refractivity contribution < 1.29 is 18.7 Å². The van der Waals surface area contributed by atoms with Gasteiger partial charge in [-0.3, -0.25) is 14.6 Å². The Labute approximate surface area is 240 Å². The number of carbonyl (C=O) groups is 2. The van der Waals surface area contributed by atoms with Crippen molar-refractivity contribution in [3.63, 3.8) is 0 Å². The van der Waals surface area contributed by atoms with Crippen molar-refractivity contribution >= 4 is 23.2 Å². The summed E-state index contributed by atoms with van der Waals surface area (Å²) in [6.45, 7) is 4.97. The van der Waals surface area contributed by atoms with E-state index < -0.39 is 11.6 Å². The molecule has 3 aromatic rings. The van der Waals surface area contributed by atoms with E-state index in [2.05, 4.69) is 10.3 Å². The molecule has 0 bridgehead atoms. The minimum atomic E-state index is -1.56. The Morgan fingerprint density at radius 3 is 2.49 bits per heavy atom. The molecule has 2 heterocycles. The second-order valence-corrected chi connectivity index (χ2v) is 10.4. The number of likely N-dealkylation sites (tertiary alicyclic amines) is 1. The van der Waals surface area contributed by atoms with E-state index in [1.54, 1.807) is 48.4 Å². The smallest absolute Gasteiger partial charge is 0.259 e. The fourth-order valence-electron chi connectivity index (χ4n) is 5.19. The zero-order chi connectivity index (χ0) is 29.6. The second kappa shape index (κ2) is 12.9. The Bertz CT molecular complexity index is 1460. The molecule has 2 amide bonds. The molecule has 1 aliphatic rings. The molecule has 4 rings (SSSR count). The number of nitrogens with one attached hydrogen (secondary N) is 1. The number of nitriles is 1. The SMILES string of the molecule is CCc1cc(C)c(NC(=O)c2cnc(CCCOC)cc2N)cc1C(=O)N1CCC(F)(c2ccc(C#N)cc2)CC1. The topological polar surface area (TPSA) is 121 Å². The number of rotatable bonds is 9. The molecule has 0 radical (unpaired) electrons. The Kier molecular flexibility index (Phi) is 9.35. The number of hydrogen-bond donors (Lipinski definition) is 2. The van der Waals surface area contributed by atoms with Gasteiger partial charge in [0.2, 0.25) is 0 Å². The first-order chi connectivity index (χ1) is 19.7. The van der Waals surface area contributed by atoms with E-state index in [0.29, 0.717) is 47.5 Å². The number of aryl methyl sites for hydroxylation is 3. The van der Waals surface area contributed by atoms with Crippen LogP contribution in [0, 0.1) is 18.3 Å². The van der Waals surface area contributed by atoms with Crippen molar-refractivity contribution in [3.8, 4) is 6.07 Å². The van der Waals surface area contributed by atoms with Gasteiger partial charge < -0.3 is 20.7 Å². The number of nitrogens with two attached hydrogens (primary N) is 1. The van der Waals surface area contributed by atoms with E-state index >= 15 is 4.39 Å². The summed E-state index contributed by atoms with van der Waals surface area (Å²) in [5, 5.41) is 11.9. The Hall–Kier alpha value is -4.29. The highest BCUT2D eigenvalue weighted by atomic mass is 19.1. The Morgan fingerprint density at radius 2 is 1.88 bits per heavy atom. The van der Waals surface area contributed by atoms with Crippen LogP contribution >= 0.6 is 0 Å². The monoisotopic (exact) mass is 557 g/mol. The number of halogens is 1. The predicted molar refractivity (Wildman–Crippen MR) is 156 cm³/mol. The van der Waals surface area contributed by atoms with Gasteiger partial charge in [0.15, 0.2) is 0 Å². The first-order valence-electron chi connectivity index (χ1n) is 13.9. The van der Waals surface area contributed by atoms with Crippen molar-refractivity contribution in [1.29, 1.82) is 5.26 Å². The Morgan fingerprint density at radius 1 is 1.17 bits per heavy atom. The normalized spacial score (nSPS) is 14.4. The lowest BCUT2D eigenvalue weighted by Crippen LogP contribution is -2.43. The number of hydrogen-bond acceptors (Lipinski definition) is 6. The van der Waals surface area contributed by atoms with Crippen molar-refractivity contribution in [3.05, 3.63) is 87.7 Å². The van der Waals surface area contributed by atoms with E-state index in [9.17, 15) is 9.59 Å². The summed E-state index contributed by atoms with van der Waals surface area (Å²) in [4.78, 5) is 32.8. The van der Waals surface area contributed by atoms with Gasteiger partial charge >= 0.3 is 0 Å². The van der Waals surface area contributed by atoms with Crippen LogP contribution in [-0.4, -0.2) is 48.5 Å². The number of ether oxygens (including phenoxy) is 1. The van der Waals surface area contributed by atoms with Gasteiger partial charge in [0.05, 0.1) is 17.2 Å². The predicted octanol–water partition coefficient (Wildman–Crippen LogP) is 5.34. The van der Waals surface area contributed by atoms with Gasteiger partial charge in [-0.2, -0.15) is 5.26 Å². The number of alkyl halides is 1. The van der Waals surface area contributed by atoms with Crippen molar-refractivity contribution in [2.45, 2.75) is 51.6 Å². The molecule has 1 aliphatic heterocycles. The van der Waals surface area contributed by atoms with Crippen LogP contribution in [0.5, 0.6) is 0 Å². The maximum atomic E-state index is 15.8. The number of carbonyl (C=O) groups excluding carboxylic acids is 2. The van der Waals surface area contributed by atoms with Crippen LogP contribution in [0.15, 0.2) is 48.7 Å². The van der Waals surface area contributed by atoms with Gasteiger partial charge in [0.1, 0.15) is 5.67 Å². The molecule has 0 spiro atoms. The van der Waals surface area contributed by atoms with Crippen LogP contribution in [0.2, 0.25) is 0 Å². The first-order valence-corrected chi connectivity index (χ1v) is 13.9. The summed E-state index contributed by atoms with van der Waals surface area (Å²) in [5.74, 6) is -0.604. The van der Waals surface area contributed by atoms with Gasteiger partial charge in [-0.1, -0.05) is 25.1 Å². The molecule has 0 unspecified atom stereocenters. The summed E-state index contributed by atoms with van der Waals surface area (Å²) in [5.41, 5.74) is 9.66. The van der Waals surface area contributed by atoms with E-state index in [4.69, 9.17) is 15.7 Å². The van der Waals surface area contributed by atoms with Crippen LogP contribution in [0.3, 0.4) is 0 Å². The number of pyridine rings is 1. The second-order valence-electron chi connectivity index (χ2n) is 10.4. The molecular weight excluding hydrogens is 521 g/mol. The van der Waals surface area contributed by atoms with Crippen LogP contribution in [0.1, 0.15) is 74.8 Å². The number of anilines is 2. The van der Waals surface area contributed by atoms with Crippen LogP contribution in [0.25, 0.3) is 0 Å². The number of nitrogen functional groups attached to an aromatic ring is 1. The summed E-state index contributed by atoms with van der Waals surface area (Å²) in [6.07, 6.45) is 3.91. The summed E-state index contributed by atoms with van der Waals surface area (Å²) >= 11 is 0. The lowest BCUT2D eigenvalue weighted by molar-refractivity contribution is 0.0420. The van der Waals surface area contributed by atoms with Crippen LogP contribution < -0.4 is 11.1 Å². The molecule has 1 fully saturated rings. The van der Waals surface area contributed by atoms with E-state index in [-0.39, 0.29) is 37.4 Å². The lowest BCUT2D eigenvalue weighted by atomic mass is 9.85. The highest BCUT2D eigenvalue weighted by Crippen LogP contribution is 2.38. The van der Waals surface area contributed by atoms with Crippen LogP contribution in [-0.2, 0) is 23.2 Å². The third-order valence-electron chi connectivity index (χ3n) is 7.70. The molecule has 0 aliphatic carbocycles. The standard InChI is InChI=1S/C32H36FN5O3/c1-4-23-16-21(2)29(37-30(39)27-20-36-25(17-28(27)35)6-5-15-41-3)18-26(23)31(40)38-13-11-32(33,12-14-38)24-9-7-22(19-34)8-10-24/h7-10,16-18,20H,4-6,11-15H2,1-3H3,(H2,35,36)(H,37,39). The van der Waals surface area contributed by atoms with E-state index in [1.807, 2.05) is 26.0 Å². The minimum absolute atomic E-state index is 0.162. The number of nitrogens with zero attached hydrogens (tertiary/aromatic N) is 3. The fourth-order valence-corrected chi connectivity index (χ4v) is 5.19. The molecule has 0 atom stereocenters. The molecule has 41 heavy (non-hydrogen) atoms. The average Bonchev–Trinajstić information content (AvgIpc) is 2.98. The number of piperidine rings is 1. The highest BCUT2D eigenvalue weighted by Gasteiger charge is 2.38. The summed E-state index contributed by atoms with van der Waals surface area (Å²) in [7, 11) is 1.64. The average molecular weight is 558 g/mol. The van der Waals surface area contributed by atoms with E-state index in [0.717, 1.165) is 23.2 Å². The van der Waals surface area contributed by atoms with Gasteiger partial charge in [0, 0.05) is 68.5 Å². The fraction of sp³-hybridized carbons (Fsp3) is 0.375. The van der Waals surface area contributed by atoms with Gasteiger partial charge in [0.25, 0.3) is 11.8 Å². The maximum absolute atomic E-state index is 15.8. The number of aromatic nitrogens is 1.